The summed E-state index contributed by atoms with van der Waals surface area (Å²) in [5, 5.41) is 11.6. The van der Waals surface area contributed by atoms with Crippen LogP contribution in [0.4, 0.5) is 4.79 Å². The number of urea groups is 1. The fourth-order valence-electron chi connectivity index (χ4n) is 2.93. The van der Waals surface area contributed by atoms with Gasteiger partial charge >= 0.3 is 12.0 Å². The molecule has 2 aliphatic rings. The Labute approximate surface area is 101 Å². The van der Waals surface area contributed by atoms with Crippen LogP contribution < -0.4 is 5.32 Å². The van der Waals surface area contributed by atoms with Crippen LogP contribution in [-0.2, 0) is 4.79 Å². The second kappa shape index (κ2) is 5.38. The summed E-state index contributed by atoms with van der Waals surface area (Å²) < 4.78 is 0. The molecule has 0 spiro atoms. The highest BCUT2D eigenvalue weighted by molar-refractivity contribution is 5.79. The van der Waals surface area contributed by atoms with Gasteiger partial charge in [0.25, 0.3) is 0 Å². The van der Waals surface area contributed by atoms with E-state index in [1.54, 1.807) is 4.90 Å². The Kier molecular flexibility index (Phi) is 3.86. The molecule has 1 aliphatic heterocycles. The van der Waals surface area contributed by atoms with Crippen molar-refractivity contribution in [1.82, 2.24) is 10.2 Å². The van der Waals surface area contributed by atoms with Crippen LogP contribution in [0.3, 0.4) is 0 Å². The predicted octanol–water partition coefficient (Wildman–Crippen LogP) is 1.58. The number of aliphatic carboxylic acids is 1. The number of carbonyl (C=O) groups is 2. The second-order valence-electron chi connectivity index (χ2n) is 4.99. The van der Waals surface area contributed by atoms with E-state index in [1.165, 1.54) is 12.8 Å². The molecular formula is C12H20N2O3. The number of nitrogens with one attached hydrogen (secondary N) is 1. The number of amides is 2. The number of hydrogen-bond acceptors (Lipinski definition) is 2. The Bertz CT molecular complexity index is 298. The van der Waals surface area contributed by atoms with Crippen molar-refractivity contribution >= 4 is 12.0 Å². The van der Waals surface area contributed by atoms with Gasteiger partial charge in [0, 0.05) is 12.6 Å². The van der Waals surface area contributed by atoms with Crippen molar-refractivity contribution in [2.24, 2.45) is 0 Å². The van der Waals surface area contributed by atoms with Crippen LogP contribution in [0.2, 0.25) is 0 Å². The van der Waals surface area contributed by atoms with E-state index in [4.69, 9.17) is 5.11 Å². The number of carboxylic acids is 1. The Morgan fingerprint density at radius 2 is 1.94 bits per heavy atom. The largest absolute Gasteiger partial charge is 0.481 e. The summed E-state index contributed by atoms with van der Waals surface area (Å²) in [7, 11) is 0. The number of hydrogen-bond donors (Lipinski definition) is 2. The minimum Gasteiger partial charge on any atom is -0.481 e. The van der Waals surface area contributed by atoms with Gasteiger partial charge in [-0.05, 0) is 12.8 Å². The Hall–Kier alpha value is -1.26. The van der Waals surface area contributed by atoms with Crippen LogP contribution in [0.15, 0.2) is 0 Å². The molecular weight excluding hydrogens is 220 g/mol. The summed E-state index contributed by atoms with van der Waals surface area (Å²) in [6.07, 6.45) is 6.84. The lowest BCUT2D eigenvalue weighted by Crippen LogP contribution is -2.43. The van der Waals surface area contributed by atoms with E-state index >= 15 is 0 Å². The molecule has 0 aromatic heterocycles. The van der Waals surface area contributed by atoms with Gasteiger partial charge in [0.1, 0.15) is 0 Å². The van der Waals surface area contributed by atoms with Gasteiger partial charge in [-0.25, -0.2) is 4.79 Å². The molecule has 0 bridgehead atoms. The van der Waals surface area contributed by atoms with Gasteiger partial charge in [0.05, 0.1) is 12.5 Å². The van der Waals surface area contributed by atoms with E-state index in [9.17, 15) is 9.59 Å². The standard InChI is InChI=1S/C12H20N2O3/c15-11(16)7-10-8-13-12(17)14(10)9-5-3-1-2-4-6-9/h9-10H,1-8H2,(H,13,17)(H,15,16). The average molecular weight is 240 g/mol. The Balaban J connectivity index is 2.03. The molecule has 2 fully saturated rings. The number of rotatable bonds is 3. The molecule has 96 valence electrons. The summed E-state index contributed by atoms with van der Waals surface area (Å²) in [6.45, 7) is 0.474. The molecule has 2 N–H and O–H groups in total. The fraction of sp³-hybridized carbons (Fsp3) is 0.833. The Morgan fingerprint density at radius 1 is 1.29 bits per heavy atom. The topological polar surface area (TPSA) is 69.6 Å². The van der Waals surface area contributed by atoms with E-state index in [0.29, 0.717) is 6.54 Å². The highest BCUT2D eigenvalue weighted by atomic mass is 16.4. The molecule has 1 heterocycles. The lowest BCUT2D eigenvalue weighted by molar-refractivity contribution is -0.138. The number of carboxylic acid groups (broad SMARTS) is 1. The minimum atomic E-state index is -0.829. The molecule has 0 aromatic carbocycles. The van der Waals surface area contributed by atoms with E-state index in [1.807, 2.05) is 0 Å². The maximum Gasteiger partial charge on any atom is 0.318 e. The molecule has 0 radical (unpaired) electrons. The molecule has 0 aromatic rings. The number of nitrogens with zero attached hydrogens (tertiary/aromatic N) is 1. The smallest absolute Gasteiger partial charge is 0.318 e. The average Bonchev–Trinajstić information content (AvgIpc) is 2.53. The summed E-state index contributed by atoms with van der Waals surface area (Å²) in [5.41, 5.74) is 0. The Morgan fingerprint density at radius 3 is 2.53 bits per heavy atom. The molecule has 2 rings (SSSR count). The van der Waals surface area contributed by atoms with Crippen LogP contribution in [0.5, 0.6) is 0 Å². The maximum atomic E-state index is 11.8. The van der Waals surface area contributed by atoms with E-state index in [2.05, 4.69) is 5.32 Å². The molecule has 1 saturated carbocycles. The fourth-order valence-corrected chi connectivity index (χ4v) is 2.93. The monoisotopic (exact) mass is 240 g/mol. The SMILES string of the molecule is O=C(O)CC1CNC(=O)N1C1CCCCCC1. The zero-order valence-corrected chi connectivity index (χ0v) is 10.0. The first-order valence-electron chi connectivity index (χ1n) is 6.46. The third-order valence-corrected chi connectivity index (χ3v) is 3.75. The van der Waals surface area contributed by atoms with Crippen molar-refractivity contribution in [2.45, 2.75) is 57.0 Å². The second-order valence-corrected chi connectivity index (χ2v) is 4.99. The highest BCUT2D eigenvalue weighted by Crippen LogP contribution is 2.26. The van der Waals surface area contributed by atoms with E-state index in [-0.39, 0.29) is 24.5 Å². The van der Waals surface area contributed by atoms with Crippen molar-refractivity contribution < 1.29 is 14.7 Å². The highest BCUT2D eigenvalue weighted by Gasteiger charge is 2.37. The molecule has 1 aliphatic carbocycles. The lowest BCUT2D eigenvalue weighted by atomic mass is 10.0. The van der Waals surface area contributed by atoms with Crippen LogP contribution in [0.25, 0.3) is 0 Å². The van der Waals surface area contributed by atoms with Gasteiger partial charge in [-0.15, -0.1) is 0 Å². The van der Waals surface area contributed by atoms with Crippen molar-refractivity contribution in [3.63, 3.8) is 0 Å². The lowest BCUT2D eigenvalue weighted by Gasteiger charge is -2.30. The first-order valence-corrected chi connectivity index (χ1v) is 6.46. The van der Waals surface area contributed by atoms with Crippen LogP contribution in [0, 0.1) is 0 Å². The minimum absolute atomic E-state index is 0.0508. The first-order chi connectivity index (χ1) is 8.18. The molecule has 1 atom stereocenters. The predicted molar refractivity (Wildman–Crippen MR) is 62.8 cm³/mol. The van der Waals surface area contributed by atoms with E-state index < -0.39 is 5.97 Å². The zero-order valence-electron chi connectivity index (χ0n) is 10.0. The van der Waals surface area contributed by atoms with Gasteiger partial charge in [0.15, 0.2) is 0 Å². The summed E-state index contributed by atoms with van der Waals surface area (Å²) >= 11 is 0. The van der Waals surface area contributed by atoms with Crippen LogP contribution >= 0.6 is 0 Å². The normalized spacial score (nSPS) is 26.7. The van der Waals surface area contributed by atoms with Crippen LogP contribution in [-0.4, -0.2) is 40.6 Å². The molecule has 1 unspecified atom stereocenters. The molecule has 1 saturated heterocycles. The quantitative estimate of drug-likeness (QED) is 0.736. The molecule has 17 heavy (non-hydrogen) atoms. The van der Waals surface area contributed by atoms with Gasteiger partial charge in [-0.3, -0.25) is 4.79 Å². The molecule has 5 nitrogen and oxygen atoms in total. The van der Waals surface area contributed by atoms with Gasteiger partial charge in [-0.2, -0.15) is 0 Å². The summed E-state index contributed by atoms with van der Waals surface area (Å²) in [4.78, 5) is 24.4. The summed E-state index contributed by atoms with van der Waals surface area (Å²) in [6, 6.07) is -0.00407. The van der Waals surface area contributed by atoms with E-state index in [0.717, 1.165) is 25.7 Å². The van der Waals surface area contributed by atoms with Gasteiger partial charge in [0.2, 0.25) is 0 Å². The van der Waals surface area contributed by atoms with Crippen molar-refractivity contribution in [1.29, 1.82) is 0 Å². The van der Waals surface area contributed by atoms with Gasteiger partial charge in [-0.1, -0.05) is 25.7 Å². The van der Waals surface area contributed by atoms with Crippen molar-refractivity contribution in [3.05, 3.63) is 0 Å². The molecule has 2 amide bonds. The van der Waals surface area contributed by atoms with Crippen molar-refractivity contribution in [3.8, 4) is 0 Å². The third kappa shape index (κ3) is 2.90. The first kappa shape index (κ1) is 12.2. The van der Waals surface area contributed by atoms with Crippen LogP contribution in [0.1, 0.15) is 44.9 Å². The van der Waals surface area contributed by atoms with Crippen molar-refractivity contribution in [2.75, 3.05) is 6.54 Å². The molecule has 5 heteroatoms. The van der Waals surface area contributed by atoms with Gasteiger partial charge < -0.3 is 15.3 Å². The maximum absolute atomic E-state index is 11.8. The third-order valence-electron chi connectivity index (χ3n) is 3.75. The number of carbonyl (C=O) groups excluding carboxylic acids is 1. The summed E-state index contributed by atoms with van der Waals surface area (Å²) in [5.74, 6) is -0.829. The zero-order chi connectivity index (χ0) is 12.3.